The van der Waals surface area contributed by atoms with E-state index in [-0.39, 0.29) is 46.9 Å². The van der Waals surface area contributed by atoms with Crippen LogP contribution in [0.2, 0.25) is 0 Å². The maximum atomic E-state index is 12.9. The van der Waals surface area contributed by atoms with Gasteiger partial charge in [0.1, 0.15) is 0 Å². The van der Waals surface area contributed by atoms with Gasteiger partial charge < -0.3 is 15.0 Å². The maximum Gasteiger partial charge on any atom is 0.338 e. The van der Waals surface area contributed by atoms with Crippen LogP contribution in [-0.4, -0.2) is 61.3 Å². The van der Waals surface area contributed by atoms with Crippen LogP contribution in [0, 0.1) is 5.92 Å². The molecule has 1 aromatic rings. The Labute approximate surface area is 182 Å². The fraction of sp³-hybridized carbons (Fsp3) is 0.591. The number of nitrogens with one attached hydrogen (secondary N) is 1. The number of carbonyl (C=O) groups excluding carboxylic acids is 3. The second-order valence-electron chi connectivity index (χ2n) is 8.71. The van der Waals surface area contributed by atoms with Crippen molar-refractivity contribution in [2.24, 2.45) is 5.92 Å². The van der Waals surface area contributed by atoms with Gasteiger partial charge in [-0.3, -0.25) is 9.59 Å². The molecule has 1 saturated heterocycles. The number of hydrogen-bond acceptors (Lipinski definition) is 6. The number of nitrogens with zero attached hydrogens (tertiary/aromatic N) is 1. The summed E-state index contributed by atoms with van der Waals surface area (Å²) in [4.78, 5) is 38.8. The van der Waals surface area contributed by atoms with Crippen LogP contribution in [0.15, 0.2) is 24.3 Å². The van der Waals surface area contributed by atoms with Crippen LogP contribution in [0.5, 0.6) is 0 Å². The molecule has 3 fully saturated rings. The van der Waals surface area contributed by atoms with Gasteiger partial charge >= 0.3 is 5.97 Å². The zero-order valence-corrected chi connectivity index (χ0v) is 18.2. The van der Waals surface area contributed by atoms with Gasteiger partial charge in [0.05, 0.1) is 17.1 Å². The summed E-state index contributed by atoms with van der Waals surface area (Å²) < 4.78 is 29.1. The maximum absolute atomic E-state index is 12.9. The first kappa shape index (κ1) is 21.8. The Bertz CT molecular complexity index is 949. The van der Waals surface area contributed by atoms with Crippen molar-refractivity contribution in [1.29, 1.82) is 0 Å². The molecule has 1 unspecified atom stereocenters. The SMILES string of the molecule is O=C(OCC(=O)N(C1CCCC1)C1CCS(=O)(=O)C1)c1ccc(NC(=O)C2CC2)cc1. The number of anilines is 1. The molecule has 0 bridgehead atoms. The fourth-order valence-electron chi connectivity index (χ4n) is 4.45. The van der Waals surface area contributed by atoms with Crippen molar-refractivity contribution < 1.29 is 27.5 Å². The van der Waals surface area contributed by atoms with Crippen molar-refractivity contribution in [3.63, 3.8) is 0 Å². The molecular weight excluding hydrogens is 420 g/mol. The zero-order chi connectivity index (χ0) is 22.0. The fourth-order valence-corrected chi connectivity index (χ4v) is 6.16. The lowest BCUT2D eigenvalue weighted by Crippen LogP contribution is -2.48. The average molecular weight is 449 g/mol. The van der Waals surface area contributed by atoms with E-state index in [0.29, 0.717) is 12.1 Å². The first-order valence-corrected chi connectivity index (χ1v) is 12.7. The molecule has 1 atom stereocenters. The number of amides is 2. The second kappa shape index (κ2) is 8.98. The molecule has 9 heteroatoms. The molecular formula is C22H28N2O6S. The molecule has 168 valence electrons. The van der Waals surface area contributed by atoms with E-state index in [4.69, 9.17) is 4.74 Å². The van der Waals surface area contributed by atoms with Crippen molar-refractivity contribution in [2.75, 3.05) is 23.4 Å². The van der Waals surface area contributed by atoms with Gasteiger partial charge in [0, 0.05) is 23.7 Å². The van der Waals surface area contributed by atoms with Crippen LogP contribution in [0.4, 0.5) is 5.69 Å². The lowest BCUT2D eigenvalue weighted by molar-refractivity contribution is -0.139. The van der Waals surface area contributed by atoms with Crippen LogP contribution < -0.4 is 5.32 Å². The molecule has 1 heterocycles. The van der Waals surface area contributed by atoms with Gasteiger partial charge in [-0.25, -0.2) is 13.2 Å². The van der Waals surface area contributed by atoms with Crippen molar-refractivity contribution in [2.45, 2.75) is 57.0 Å². The summed E-state index contributed by atoms with van der Waals surface area (Å²) in [6.45, 7) is -0.411. The van der Waals surface area contributed by atoms with Gasteiger partial charge in [0.15, 0.2) is 16.4 Å². The minimum atomic E-state index is -3.12. The summed E-state index contributed by atoms with van der Waals surface area (Å²) in [5.74, 6) is -0.806. The predicted octanol–water partition coefficient (Wildman–Crippen LogP) is 2.15. The number of ether oxygens (including phenoxy) is 1. The Kier molecular flexibility index (Phi) is 6.31. The first-order chi connectivity index (χ1) is 14.8. The number of sulfone groups is 1. The van der Waals surface area contributed by atoms with E-state index >= 15 is 0 Å². The van der Waals surface area contributed by atoms with Crippen molar-refractivity contribution in [3.05, 3.63) is 29.8 Å². The highest BCUT2D eigenvalue weighted by Gasteiger charge is 2.39. The summed E-state index contributed by atoms with van der Waals surface area (Å²) in [7, 11) is -3.12. The summed E-state index contributed by atoms with van der Waals surface area (Å²) in [6, 6.07) is 6.04. The summed E-state index contributed by atoms with van der Waals surface area (Å²) >= 11 is 0. The number of hydrogen-bond donors (Lipinski definition) is 1. The van der Waals surface area contributed by atoms with E-state index in [1.165, 1.54) is 0 Å². The highest BCUT2D eigenvalue weighted by Crippen LogP contribution is 2.30. The third-order valence-electron chi connectivity index (χ3n) is 6.27. The van der Waals surface area contributed by atoms with E-state index < -0.39 is 22.4 Å². The van der Waals surface area contributed by atoms with E-state index in [1.807, 2.05) is 0 Å². The molecule has 0 radical (unpaired) electrons. The van der Waals surface area contributed by atoms with E-state index in [1.54, 1.807) is 29.2 Å². The van der Waals surface area contributed by atoms with Crippen LogP contribution in [0.25, 0.3) is 0 Å². The molecule has 1 aromatic carbocycles. The van der Waals surface area contributed by atoms with Crippen molar-refractivity contribution >= 4 is 33.3 Å². The molecule has 4 rings (SSSR count). The van der Waals surface area contributed by atoms with Gasteiger partial charge in [-0.2, -0.15) is 0 Å². The lowest BCUT2D eigenvalue weighted by atomic mass is 10.1. The highest BCUT2D eigenvalue weighted by molar-refractivity contribution is 7.91. The van der Waals surface area contributed by atoms with Crippen LogP contribution in [0.1, 0.15) is 55.3 Å². The first-order valence-electron chi connectivity index (χ1n) is 10.9. The van der Waals surface area contributed by atoms with Crippen LogP contribution >= 0.6 is 0 Å². The smallest absolute Gasteiger partial charge is 0.338 e. The Morgan fingerprint density at radius 3 is 2.23 bits per heavy atom. The molecule has 31 heavy (non-hydrogen) atoms. The Morgan fingerprint density at radius 2 is 1.65 bits per heavy atom. The van der Waals surface area contributed by atoms with Crippen LogP contribution in [0.3, 0.4) is 0 Å². The third kappa shape index (κ3) is 5.44. The van der Waals surface area contributed by atoms with Crippen molar-refractivity contribution in [3.8, 4) is 0 Å². The third-order valence-corrected chi connectivity index (χ3v) is 8.02. The average Bonchev–Trinajstić information content (AvgIpc) is 3.35. The number of rotatable bonds is 7. The highest BCUT2D eigenvalue weighted by atomic mass is 32.2. The molecule has 2 saturated carbocycles. The van der Waals surface area contributed by atoms with Crippen molar-refractivity contribution in [1.82, 2.24) is 4.90 Å². The largest absolute Gasteiger partial charge is 0.452 e. The molecule has 3 aliphatic rings. The summed E-state index contributed by atoms with van der Waals surface area (Å²) in [5, 5.41) is 2.80. The lowest BCUT2D eigenvalue weighted by Gasteiger charge is -2.33. The van der Waals surface area contributed by atoms with Gasteiger partial charge in [-0.15, -0.1) is 0 Å². The molecule has 8 nitrogen and oxygen atoms in total. The monoisotopic (exact) mass is 448 g/mol. The van der Waals surface area contributed by atoms with E-state index in [2.05, 4.69) is 5.32 Å². The normalized spacial score (nSPS) is 22.8. The number of benzene rings is 1. The van der Waals surface area contributed by atoms with Gasteiger partial charge in [-0.05, 0) is 56.4 Å². The van der Waals surface area contributed by atoms with E-state index in [0.717, 1.165) is 38.5 Å². The standard InChI is InChI=1S/C22H28N2O6S/c25-20(24(18-3-1-2-4-18)19-11-12-31(28,29)14-19)13-30-22(27)16-7-9-17(10-8-16)23-21(26)15-5-6-15/h7-10,15,18-19H,1-6,11-14H2,(H,23,26). The Morgan fingerprint density at radius 1 is 0.968 bits per heavy atom. The molecule has 1 N–H and O–H groups in total. The molecule has 0 aromatic heterocycles. The van der Waals surface area contributed by atoms with Crippen LogP contribution in [-0.2, 0) is 24.2 Å². The molecule has 2 amide bonds. The summed E-state index contributed by atoms with van der Waals surface area (Å²) in [6.07, 6.45) is 5.99. The molecule has 1 aliphatic heterocycles. The number of esters is 1. The predicted molar refractivity (Wildman–Crippen MR) is 114 cm³/mol. The Balaban J connectivity index is 1.34. The summed E-state index contributed by atoms with van der Waals surface area (Å²) in [5.41, 5.74) is 0.896. The van der Waals surface area contributed by atoms with Gasteiger partial charge in [0.25, 0.3) is 5.91 Å². The second-order valence-corrected chi connectivity index (χ2v) is 10.9. The quantitative estimate of drug-likeness (QED) is 0.640. The molecule has 2 aliphatic carbocycles. The minimum Gasteiger partial charge on any atom is -0.452 e. The van der Waals surface area contributed by atoms with E-state index in [9.17, 15) is 22.8 Å². The minimum absolute atomic E-state index is 0.0122. The number of carbonyl (C=O) groups is 3. The molecule has 0 spiro atoms. The topological polar surface area (TPSA) is 110 Å². The van der Waals surface area contributed by atoms with Gasteiger partial charge in [-0.1, -0.05) is 12.8 Å². The zero-order valence-electron chi connectivity index (χ0n) is 17.4. The Hall–Kier alpha value is -2.42. The van der Waals surface area contributed by atoms with Gasteiger partial charge in [0.2, 0.25) is 5.91 Å².